The van der Waals surface area contributed by atoms with Gasteiger partial charge < -0.3 is 14.2 Å². The highest BCUT2D eigenvalue weighted by Crippen LogP contribution is 2.30. The molecule has 0 atom stereocenters. The second kappa shape index (κ2) is 6.42. The number of pyridine rings is 1. The number of ether oxygens (including phenoxy) is 1. The quantitative estimate of drug-likeness (QED) is 0.781. The molecule has 3 rings (SSSR count). The molecule has 0 aliphatic heterocycles. The summed E-state index contributed by atoms with van der Waals surface area (Å²) in [6.45, 7) is 0. The van der Waals surface area contributed by atoms with E-state index in [2.05, 4.69) is 19.6 Å². The van der Waals surface area contributed by atoms with Gasteiger partial charge in [-0.2, -0.15) is 18.2 Å². The summed E-state index contributed by atoms with van der Waals surface area (Å²) in [5.74, 6) is -1.10. The van der Waals surface area contributed by atoms with Crippen molar-refractivity contribution in [2.75, 3.05) is 7.11 Å². The van der Waals surface area contributed by atoms with Gasteiger partial charge in [0.2, 0.25) is 5.82 Å². The zero-order valence-corrected chi connectivity index (χ0v) is 12.9. The highest BCUT2D eigenvalue weighted by Gasteiger charge is 2.38. The van der Waals surface area contributed by atoms with Crippen LogP contribution in [0.5, 0.6) is 5.75 Å². The number of methoxy groups -OCH3 is 1. The SMILES string of the molecule is COc1ccc(Cc2c(-c3noc(C(F)(F)F)n3)cc[nH]c2=O)cc1. The van der Waals surface area contributed by atoms with Crippen molar-refractivity contribution in [3.05, 3.63) is 63.9 Å². The van der Waals surface area contributed by atoms with Gasteiger partial charge in [-0.25, -0.2) is 0 Å². The van der Waals surface area contributed by atoms with Gasteiger partial charge in [-0.05, 0) is 23.8 Å². The van der Waals surface area contributed by atoms with Crippen LogP contribution in [0.3, 0.4) is 0 Å². The Labute approximate surface area is 139 Å². The van der Waals surface area contributed by atoms with Crippen LogP contribution < -0.4 is 10.3 Å². The fraction of sp³-hybridized carbons (Fsp3) is 0.188. The van der Waals surface area contributed by atoms with Gasteiger partial charge in [0.15, 0.2) is 0 Å². The Morgan fingerprint density at radius 2 is 1.92 bits per heavy atom. The van der Waals surface area contributed by atoms with E-state index in [-0.39, 0.29) is 23.4 Å². The summed E-state index contributed by atoms with van der Waals surface area (Å²) in [4.78, 5) is 18.0. The second-order valence-corrected chi connectivity index (χ2v) is 5.14. The lowest BCUT2D eigenvalue weighted by molar-refractivity contribution is -0.159. The molecule has 0 radical (unpaired) electrons. The van der Waals surface area contributed by atoms with Gasteiger partial charge in [0.25, 0.3) is 5.56 Å². The Bertz CT molecular complexity index is 930. The molecule has 3 aromatic rings. The zero-order valence-electron chi connectivity index (χ0n) is 12.9. The van der Waals surface area contributed by atoms with Crippen LogP contribution in [0.2, 0.25) is 0 Å². The third kappa shape index (κ3) is 3.54. The zero-order chi connectivity index (χ0) is 18.0. The molecule has 2 aromatic heterocycles. The summed E-state index contributed by atoms with van der Waals surface area (Å²) >= 11 is 0. The van der Waals surface area contributed by atoms with Gasteiger partial charge >= 0.3 is 12.1 Å². The lowest BCUT2D eigenvalue weighted by Crippen LogP contribution is -2.14. The van der Waals surface area contributed by atoms with E-state index < -0.39 is 17.6 Å². The molecule has 0 fully saturated rings. The third-order valence-corrected chi connectivity index (χ3v) is 3.51. The first-order valence-electron chi connectivity index (χ1n) is 7.13. The molecule has 0 saturated carbocycles. The van der Waals surface area contributed by atoms with Crippen LogP contribution in [0.4, 0.5) is 13.2 Å². The molecule has 0 spiro atoms. The lowest BCUT2D eigenvalue weighted by atomic mass is 10.0. The fourth-order valence-electron chi connectivity index (χ4n) is 2.29. The molecule has 0 aliphatic rings. The van der Waals surface area contributed by atoms with Gasteiger partial charge in [-0.3, -0.25) is 4.79 Å². The van der Waals surface area contributed by atoms with E-state index in [0.29, 0.717) is 5.75 Å². The van der Waals surface area contributed by atoms with Gasteiger partial charge in [0, 0.05) is 23.7 Å². The highest BCUT2D eigenvalue weighted by molar-refractivity contribution is 5.59. The maximum Gasteiger partial charge on any atom is 0.471 e. The normalized spacial score (nSPS) is 11.5. The predicted molar refractivity (Wildman–Crippen MR) is 81.2 cm³/mol. The number of H-pyrrole nitrogens is 1. The molecule has 0 bridgehead atoms. The summed E-state index contributed by atoms with van der Waals surface area (Å²) in [7, 11) is 1.53. The summed E-state index contributed by atoms with van der Waals surface area (Å²) in [6, 6.07) is 8.40. The molecule has 25 heavy (non-hydrogen) atoms. The standard InChI is InChI=1S/C16H12F3N3O3/c1-24-10-4-2-9(3-5-10)8-12-11(6-7-20-14(12)23)13-21-15(25-22-13)16(17,18)19/h2-7H,8H2,1H3,(H,20,23). The first kappa shape index (κ1) is 16.7. The van der Waals surface area contributed by atoms with Crippen molar-refractivity contribution in [2.24, 2.45) is 0 Å². The molecule has 1 N–H and O–H groups in total. The molecular formula is C16H12F3N3O3. The van der Waals surface area contributed by atoms with E-state index >= 15 is 0 Å². The van der Waals surface area contributed by atoms with E-state index in [4.69, 9.17) is 4.74 Å². The average Bonchev–Trinajstić information content (AvgIpc) is 3.07. The minimum atomic E-state index is -4.75. The Kier molecular flexibility index (Phi) is 4.30. The van der Waals surface area contributed by atoms with E-state index in [1.807, 2.05) is 0 Å². The number of aromatic amines is 1. The monoisotopic (exact) mass is 351 g/mol. The Balaban J connectivity index is 2.00. The van der Waals surface area contributed by atoms with E-state index in [1.54, 1.807) is 24.3 Å². The van der Waals surface area contributed by atoms with Crippen molar-refractivity contribution in [2.45, 2.75) is 12.6 Å². The Hall–Kier alpha value is -3.10. The predicted octanol–water partition coefficient (Wildman–Crippen LogP) is 3.04. The first-order valence-corrected chi connectivity index (χ1v) is 7.13. The number of nitrogens with one attached hydrogen (secondary N) is 1. The minimum Gasteiger partial charge on any atom is -0.497 e. The summed E-state index contributed by atoms with van der Waals surface area (Å²) < 4.78 is 47.2. The van der Waals surface area contributed by atoms with Crippen molar-refractivity contribution in [3.63, 3.8) is 0 Å². The van der Waals surface area contributed by atoms with Crippen molar-refractivity contribution in [3.8, 4) is 17.1 Å². The van der Waals surface area contributed by atoms with Crippen molar-refractivity contribution in [1.29, 1.82) is 0 Å². The summed E-state index contributed by atoms with van der Waals surface area (Å²) in [5.41, 5.74) is 0.756. The molecule has 9 heteroatoms. The van der Waals surface area contributed by atoms with Crippen LogP contribution in [0.25, 0.3) is 11.4 Å². The number of benzene rings is 1. The smallest absolute Gasteiger partial charge is 0.471 e. The molecule has 0 saturated heterocycles. The van der Waals surface area contributed by atoms with Gasteiger partial charge in [0.05, 0.1) is 7.11 Å². The van der Waals surface area contributed by atoms with Crippen LogP contribution in [0.1, 0.15) is 17.0 Å². The lowest BCUT2D eigenvalue weighted by Gasteiger charge is -2.06. The van der Waals surface area contributed by atoms with Crippen molar-refractivity contribution >= 4 is 0 Å². The number of nitrogens with zero attached hydrogens (tertiary/aromatic N) is 2. The second-order valence-electron chi connectivity index (χ2n) is 5.14. The fourth-order valence-corrected chi connectivity index (χ4v) is 2.29. The first-order chi connectivity index (χ1) is 11.9. The Morgan fingerprint density at radius 1 is 1.20 bits per heavy atom. The number of hydrogen-bond acceptors (Lipinski definition) is 5. The van der Waals surface area contributed by atoms with E-state index in [9.17, 15) is 18.0 Å². The number of aromatic nitrogens is 3. The molecular weight excluding hydrogens is 339 g/mol. The molecule has 6 nitrogen and oxygen atoms in total. The minimum absolute atomic E-state index is 0.179. The molecule has 130 valence electrons. The third-order valence-electron chi connectivity index (χ3n) is 3.51. The summed E-state index contributed by atoms with van der Waals surface area (Å²) in [5, 5.41) is 3.34. The molecule has 0 unspecified atom stereocenters. The van der Waals surface area contributed by atoms with E-state index in [1.165, 1.54) is 19.4 Å². The van der Waals surface area contributed by atoms with Crippen LogP contribution in [0, 0.1) is 0 Å². The molecule has 2 heterocycles. The number of halogens is 3. The number of rotatable bonds is 4. The van der Waals surface area contributed by atoms with Crippen LogP contribution in [0.15, 0.2) is 45.8 Å². The summed E-state index contributed by atoms with van der Waals surface area (Å²) in [6.07, 6.45) is -3.24. The van der Waals surface area contributed by atoms with Crippen LogP contribution >= 0.6 is 0 Å². The molecule has 0 aliphatic carbocycles. The van der Waals surface area contributed by atoms with Crippen molar-refractivity contribution in [1.82, 2.24) is 15.1 Å². The van der Waals surface area contributed by atoms with E-state index in [0.717, 1.165) is 5.56 Å². The average molecular weight is 351 g/mol. The van der Waals surface area contributed by atoms with Crippen LogP contribution in [-0.2, 0) is 12.6 Å². The van der Waals surface area contributed by atoms with Gasteiger partial charge in [-0.15, -0.1) is 0 Å². The molecule has 0 amide bonds. The number of alkyl halides is 3. The van der Waals surface area contributed by atoms with Crippen LogP contribution in [-0.4, -0.2) is 22.2 Å². The maximum absolute atomic E-state index is 12.6. The maximum atomic E-state index is 12.6. The Morgan fingerprint density at radius 3 is 2.52 bits per heavy atom. The highest BCUT2D eigenvalue weighted by atomic mass is 19.4. The topological polar surface area (TPSA) is 81.0 Å². The number of hydrogen-bond donors (Lipinski definition) is 1. The largest absolute Gasteiger partial charge is 0.497 e. The van der Waals surface area contributed by atoms with Gasteiger partial charge in [-0.1, -0.05) is 17.3 Å². The molecule has 1 aromatic carbocycles. The van der Waals surface area contributed by atoms with Crippen molar-refractivity contribution < 1.29 is 22.4 Å². The van der Waals surface area contributed by atoms with Gasteiger partial charge in [0.1, 0.15) is 5.75 Å².